The summed E-state index contributed by atoms with van der Waals surface area (Å²) in [5, 5.41) is 10.0. The molecular formula is C14H10Br2F2O. The summed E-state index contributed by atoms with van der Waals surface area (Å²) in [5.41, 5.74) is 0.797. The summed E-state index contributed by atoms with van der Waals surface area (Å²) in [6, 6.07) is 8.81. The Morgan fingerprint density at radius 1 is 1.00 bits per heavy atom. The summed E-state index contributed by atoms with van der Waals surface area (Å²) in [6.45, 7) is 0. The average Bonchev–Trinajstić information content (AvgIpc) is 2.26. The molecule has 0 aliphatic rings. The van der Waals surface area contributed by atoms with Gasteiger partial charge in [-0.2, -0.15) is 0 Å². The van der Waals surface area contributed by atoms with E-state index in [4.69, 9.17) is 0 Å². The summed E-state index contributed by atoms with van der Waals surface area (Å²) >= 11 is 6.34. The molecule has 100 valence electrons. The summed E-state index contributed by atoms with van der Waals surface area (Å²) in [4.78, 5) is 0. The van der Waals surface area contributed by atoms with Crippen LogP contribution in [0.4, 0.5) is 8.78 Å². The van der Waals surface area contributed by atoms with Gasteiger partial charge in [0, 0.05) is 20.9 Å². The van der Waals surface area contributed by atoms with Gasteiger partial charge in [0.15, 0.2) is 0 Å². The number of aliphatic hydroxyl groups is 1. The normalized spacial score (nSPS) is 12.5. The van der Waals surface area contributed by atoms with Crippen molar-refractivity contribution in [2.75, 3.05) is 0 Å². The third-order valence-electron chi connectivity index (χ3n) is 2.67. The number of hydrogen-bond donors (Lipinski definition) is 1. The fourth-order valence-corrected chi connectivity index (χ4v) is 2.68. The minimum Gasteiger partial charge on any atom is -0.388 e. The standard InChI is InChI=1S/C14H10Br2F2O/c15-9-1-2-12(13(18)7-9)14(19)5-8-3-10(16)6-11(17)4-8/h1-4,6-7,14,19H,5H2. The molecule has 1 atom stereocenters. The second-order valence-electron chi connectivity index (χ2n) is 4.16. The van der Waals surface area contributed by atoms with Crippen molar-refractivity contribution in [3.8, 4) is 0 Å². The molecule has 0 saturated heterocycles. The van der Waals surface area contributed by atoms with E-state index in [2.05, 4.69) is 31.9 Å². The topological polar surface area (TPSA) is 20.2 Å². The van der Waals surface area contributed by atoms with Crippen molar-refractivity contribution in [3.05, 3.63) is 68.1 Å². The quantitative estimate of drug-likeness (QED) is 0.799. The molecule has 0 aliphatic carbocycles. The first-order valence-electron chi connectivity index (χ1n) is 5.53. The Hall–Kier alpha value is -0.780. The van der Waals surface area contributed by atoms with Gasteiger partial charge in [-0.25, -0.2) is 8.78 Å². The average molecular weight is 392 g/mol. The van der Waals surface area contributed by atoms with Gasteiger partial charge in [0.2, 0.25) is 0 Å². The lowest BCUT2D eigenvalue weighted by Crippen LogP contribution is -2.04. The first-order chi connectivity index (χ1) is 8.95. The fourth-order valence-electron chi connectivity index (χ4n) is 1.83. The van der Waals surface area contributed by atoms with Gasteiger partial charge in [-0.15, -0.1) is 0 Å². The van der Waals surface area contributed by atoms with E-state index >= 15 is 0 Å². The van der Waals surface area contributed by atoms with Crippen LogP contribution in [-0.2, 0) is 6.42 Å². The van der Waals surface area contributed by atoms with E-state index in [1.54, 1.807) is 12.1 Å². The van der Waals surface area contributed by atoms with Crippen molar-refractivity contribution >= 4 is 31.9 Å². The predicted molar refractivity (Wildman–Crippen MR) is 76.9 cm³/mol. The molecule has 19 heavy (non-hydrogen) atoms. The van der Waals surface area contributed by atoms with Gasteiger partial charge in [0.25, 0.3) is 0 Å². The monoisotopic (exact) mass is 390 g/mol. The maximum absolute atomic E-state index is 13.7. The number of aliphatic hydroxyl groups excluding tert-OH is 1. The molecule has 2 aromatic carbocycles. The van der Waals surface area contributed by atoms with Crippen molar-refractivity contribution < 1.29 is 13.9 Å². The smallest absolute Gasteiger partial charge is 0.130 e. The highest BCUT2D eigenvalue weighted by atomic mass is 79.9. The Balaban J connectivity index is 2.22. The van der Waals surface area contributed by atoms with Crippen molar-refractivity contribution in [1.29, 1.82) is 0 Å². The van der Waals surface area contributed by atoms with Crippen LogP contribution in [0.15, 0.2) is 45.3 Å². The van der Waals surface area contributed by atoms with Crippen molar-refractivity contribution in [2.24, 2.45) is 0 Å². The highest BCUT2D eigenvalue weighted by Gasteiger charge is 2.14. The van der Waals surface area contributed by atoms with Gasteiger partial charge in [-0.05, 0) is 35.9 Å². The zero-order valence-corrected chi connectivity index (χ0v) is 12.9. The summed E-state index contributed by atoms with van der Waals surface area (Å²) < 4.78 is 28.1. The first kappa shape index (κ1) is 14.6. The number of rotatable bonds is 3. The van der Waals surface area contributed by atoms with Crippen LogP contribution < -0.4 is 0 Å². The van der Waals surface area contributed by atoms with E-state index in [-0.39, 0.29) is 12.0 Å². The molecule has 5 heteroatoms. The van der Waals surface area contributed by atoms with Gasteiger partial charge in [0.1, 0.15) is 11.6 Å². The van der Waals surface area contributed by atoms with Gasteiger partial charge >= 0.3 is 0 Å². The minimum atomic E-state index is -1.01. The Bertz CT molecular complexity index is 582. The Kier molecular flexibility index (Phi) is 4.71. The van der Waals surface area contributed by atoms with E-state index in [0.717, 1.165) is 0 Å². The van der Waals surface area contributed by atoms with Crippen LogP contribution in [0.25, 0.3) is 0 Å². The van der Waals surface area contributed by atoms with Gasteiger partial charge in [-0.1, -0.05) is 37.9 Å². The second kappa shape index (κ2) is 6.11. The lowest BCUT2D eigenvalue weighted by Gasteiger charge is -2.12. The number of hydrogen-bond acceptors (Lipinski definition) is 1. The lowest BCUT2D eigenvalue weighted by molar-refractivity contribution is 0.173. The molecule has 0 heterocycles. The number of halogens is 4. The van der Waals surface area contributed by atoms with Crippen molar-refractivity contribution in [2.45, 2.75) is 12.5 Å². The molecule has 1 unspecified atom stereocenters. The van der Waals surface area contributed by atoms with Crippen LogP contribution in [0.2, 0.25) is 0 Å². The Morgan fingerprint density at radius 2 is 1.74 bits per heavy atom. The largest absolute Gasteiger partial charge is 0.388 e. The van der Waals surface area contributed by atoms with Crippen LogP contribution in [-0.4, -0.2) is 5.11 Å². The predicted octanol–water partition coefficient (Wildman–Crippen LogP) is 4.77. The van der Waals surface area contributed by atoms with Gasteiger partial charge < -0.3 is 5.11 Å². The molecule has 2 rings (SSSR count). The molecule has 0 bridgehead atoms. The molecule has 0 aromatic heterocycles. The zero-order chi connectivity index (χ0) is 14.0. The van der Waals surface area contributed by atoms with E-state index < -0.39 is 17.7 Å². The number of benzene rings is 2. The third kappa shape index (κ3) is 3.84. The van der Waals surface area contributed by atoms with Gasteiger partial charge in [-0.3, -0.25) is 0 Å². The maximum Gasteiger partial charge on any atom is 0.130 e. The van der Waals surface area contributed by atoms with E-state index in [1.165, 1.54) is 24.3 Å². The highest BCUT2D eigenvalue weighted by molar-refractivity contribution is 9.10. The molecule has 0 spiro atoms. The minimum absolute atomic E-state index is 0.148. The molecule has 1 nitrogen and oxygen atoms in total. The molecule has 0 fully saturated rings. The lowest BCUT2D eigenvalue weighted by atomic mass is 10.0. The Morgan fingerprint density at radius 3 is 2.37 bits per heavy atom. The van der Waals surface area contributed by atoms with E-state index in [9.17, 15) is 13.9 Å². The van der Waals surface area contributed by atoms with Gasteiger partial charge in [0.05, 0.1) is 6.10 Å². The molecule has 0 aliphatic heterocycles. The van der Waals surface area contributed by atoms with E-state index in [1.807, 2.05) is 0 Å². The van der Waals surface area contributed by atoms with Crippen molar-refractivity contribution in [3.63, 3.8) is 0 Å². The summed E-state index contributed by atoms with van der Waals surface area (Å²) in [5.74, 6) is -0.884. The fraction of sp³-hybridized carbons (Fsp3) is 0.143. The third-order valence-corrected chi connectivity index (χ3v) is 3.62. The molecule has 0 amide bonds. The van der Waals surface area contributed by atoms with Crippen LogP contribution in [0, 0.1) is 11.6 Å². The summed E-state index contributed by atoms with van der Waals surface area (Å²) in [7, 11) is 0. The second-order valence-corrected chi connectivity index (χ2v) is 5.99. The highest BCUT2D eigenvalue weighted by Crippen LogP contribution is 2.25. The van der Waals surface area contributed by atoms with Crippen LogP contribution in [0.5, 0.6) is 0 Å². The molecule has 0 saturated carbocycles. The van der Waals surface area contributed by atoms with Crippen molar-refractivity contribution in [1.82, 2.24) is 0 Å². The Labute approximate surface area is 126 Å². The van der Waals surface area contributed by atoms with Crippen LogP contribution in [0.1, 0.15) is 17.2 Å². The zero-order valence-electron chi connectivity index (χ0n) is 9.71. The van der Waals surface area contributed by atoms with Crippen LogP contribution >= 0.6 is 31.9 Å². The molecule has 0 radical (unpaired) electrons. The van der Waals surface area contributed by atoms with E-state index in [0.29, 0.717) is 14.5 Å². The molecular weight excluding hydrogens is 382 g/mol. The molecule has 1 N–H and O–H groups in total. The molecule has 2 aromatic rings. The van der Waals surface area contributed by atoms with Crippen LogP contribution in [0.3, 0.4) is 0 Å². The first-order valence-corrected chi connectivity index (χ1v) is 7.12. The SMILES string of the molecule is OC(Cc1cc(F)cc(Br)c1)c1ccc(Br)cc1F. The maximum atomic E-state index is 13.7. The summed E-state index contributed by atoms with van der Waals surface area (Å²) in [6.07, 6.45) is -0.864.